The van der Waals surface area contributed by atoms with Gasteiger partial charge in [-0.25, -0.2) is 9.97 Å². The summed E-state index contributed by atoms with van der Waals surface area (Å²) in [6, 6.07) is 39.7. The quantitative estimate of drug-likeness (QED) is 0.191. The molecule has 4 aromatic carbocycles. The Bertz CT molecular complexity index is 2300. The Morgan fingerprint density at radius 3 is 1.29 bits per heavy atom. The van der Waals surface area contributed by atoms with E-state index < -0.39 is 0 Å². The van der Waals surface area contributed by atoms with Gasteiger partial charge in [0.1, 0.15) is 11.3 Å². The van der Waals surface area contributed by atoms with Gasteiger partial charge in [-0.15, -0.1) is 0 Å². The van der Waals surface area contributed by atoms with Crippen LogP contribution in [0.5, 0.6) is 0 Å². The summed E-state index contributed by atoms with van der Waals surface area (Å²) in [5, 5.41) is 4.86. The highest BCUT2D eigenvalue weighted by atomic mass is 15.1. The van der Waals surface area contributed by atoms with Crippen LogP contribution < -0.4 is 0 Å². The van der Waals surface area contributed by atoms with Crippen molar-refractivity contribution in [2.45, 2.75) is 54.4 Å². The van der Waals surface area contributed by atoms with Crippen LogP contribution in [0.3, 0.4) is 0 Å². The van der Waals surface area contributed by atoms with E-state index in [1.807, 2.05) is 0 Å². The van der Waals surface area contributed by atoms with Crippen molar-refractivity contribution >= 4 is 43.9 Å². The predicted octanol–water partition coefficient (Wildman–Crippen LogP) is 11.5. The van der Waals surface area contributed by atoms with Crippen molar-refractivity contribution in [3.63, 3.8) is 0 Å². The van der Waals surface area contributed by atoms with Gasteiger partial charge >= 0.3 is 0 Å². The van der Waals surface area contributed by atoms with Gasteiger partial charge in [0.15, 0.2) is 0 Å². The molecule has 238 valence electrons. The molecule has 4 nitrogen and oxygen atoms in total. The molecular weight excluding hydrogens is 585 g/mol. The van der Waals surface area contributed by atoms with Gasteiger partial charge < -0.3 is 0 Å². The lowest BCUT2D eigenvalue weighted by Gasteiger charge is -2.18. The van der Waals surface area contributed by atoms with E-state index in [0.29, 0.717) is 0 Å². The van der Waals surface area contributed by atoms with Gasteiger partial charge in [0.2, 0.25) is 0 Å². The number of hydrogen-bond donors (Lipinski definition) is 0. The zero-order valence-corrected chi connectivity index (χ0v) is 28.8. The van der Waals surface area contributed by atoms with Crippen LogP contribution in [-0.2, 0) is 12.8 Å². The third-order valence-corrected chi connectivity index (χ3v) is 9.15. The van der Waals surface area contributed by atoms with Crippen LogP contribution in [0, 0.1) is 10.8 Å². The van der Waals surface area contributed by atoms with E-state index >= 15 is 0 Å². The van der Waals surface area contributed by atoms with Crippen LogP contribution in [-0.4, -0.2) is 19.1 Å². The minimum Gasteiger partial charge on any atom is -0.294 e. The third kappa shape index (κ3) is 5.45. The molecule has 8 aromatic rings. The van der Waals surface area contributed by atoms with E-state index in [0.717, 1.165) is 46.6 Å². The molecule has 0 aliphatic carbocycles. The summed E-state index contributed by atoms with van der Waals surface area (Å²) in [5.74, 6) is 0. The van der Waals surface area contributed by atoms with Gasteiger partial charge in [-0.1, -0.05) is 102 Å². The predicted molar refractivity (Wildman–Crippen MR) is 202 cm³/mol. The van der Waals surface area contributed by atoms with Crippen LogP contribution in [0.2, 0.25) is 0 Å². The zero-order valence-electron chi connectivity index (χ0n) is 28.8. The van der Waals surface area contributed by atoms with E-state index in [9.17, 15) is 0 Å². The molecule has 4 aromatic heterocycles. The molecule has 4 heteroatoms. The Hall–Kier alpha value is -5.22. The summed E-state index contributed by atoms with van der Waals surface area (Å²) in [7, 11) is 0. The molecule has 0 fully saturated rings. The molecule has 0 aliphatic rings. The topological polar surface area (TPSA) is 35.6 Å². The number of fused-ring (bicyclic) bond motifs is 6. The monoisotopic (exact) mass is 626 g/mol. The highest BCUT2D eigenvalue weighted by Gasteiger charge is 2.19. The molecule has 4 heterocycles. The molecule has 0 spiro atoms. The number of pyridine rings is 2. The molecule has 0 N–H and O–H groups in total. The molecular formula is C44H42N4. The second-order valence-electron chi connectivity index (χ2n) is 15.7. The fourth-order valence-electron chi connectivity index (χ4n) is 7.37. The van der Waals surface area contributed by atoms with Crippen molar-refractivity contribution in [1.29, 1.82) is 0 Å². The maximum atomic E-state index is 5.07. The number of hydrogen-bond acceptors (Lipinski definition) is 2. The third-order valence-electron chi connectivity index (χ3n) is 9.15. The van der Waals surface area contributed by atoms with Gasteiger partial charge in [0, 0.05) is 45.3 Å². The lowest BCUT2D eigenvalue weighted by molar-refractivity contribution is 0.410. The fourth-order valence-corrected chi connectivity index (χ4v) is 7.37. The zero-order chi connectivity index (χ0) is 33.2. The van der Waals surface area contributed by atoms with E-state index in [2.05, 4.69) is 172 Å². The summed E-state index contributed by atoms with van der Waals surface area (Å²) in [6.45, 7) is 13.7. The normalized spacial score (nSPS) is 12.5. The van der Waals surface area contributed by atoms with Crippen LogP contribution in [0.4, 0.5) is 0 Å². The number of rotatable bonds is 5. The Kier molecular flexibility index (Phi) is 7.03. The first kappa shape index (κ1) is 30.1. The Labute approximate surface area is 282 Å². The van der Waals surface area contributed by atoms with Gasteiger partial charge in [0.05, 0.1) is 11.0 Å². The van der Waals surface area contributed by atoms with Crippen LogP contribution in [0.25, 0.3) is 66.4 Å². The maximum absolute atomic E-state index is 5.07. The highest BCUT2D eigenvalue weighted by molar-refractivity contribution is 6.09. The fraction of sp³-hybridized carbons (Fsp3) is 0.227. The lowest BCUT2D eigenvalue weighted by atomic mass is 9.88. The molecule has 8 rings (SSSR count). The summed E-state index contributed by atoms with van der Waals surface area (Å²) >= 11 is 0. The molecule has 0 aliphatic heterocycles. The first-order valence-corrected chi connectivity index (χ1v) is 17.0. The van der Waals surface area contributed by atoms with Gasteiger partial charge in [-0.2, -0.15) is 0 Å². The Morgan fingerprint density at radius 1 is 0.458 bits per heavy atom. The highest BCUT2D eigenvalue weighted by Crippen LogP contribution is 2.36. The molecule has 0 unspecified atom stereocenters. The van der Waals surface area contributed by atoms with E-state index in [-0.39, 0.29) is 10.8 Å². The number of nitrogens with zero attached hydrogens (tertiary/aromatic N) is 4. The van der Waals surface area contributed by atoms with E-state index in [1.54, 1.807) is 0 Å². The van der Waals surface area contributed by atoms with Gasteiger partial charge in [0.25, 0.3) is 0 Å². The lowest BCUT2D eigenvalue weighted by Crippen LogP contribution is -2.09. The van der Waals surface area contributed by atoms with E-state index in [4.69, 9.17) is 9.97 Å². The second-order valence-corrected chi connectivity index (χ2v) is 15.7. The SMILES string of the molecule is CC(C)(C)Cc1cnc2c(c1)c1ccccc1n2-c1cccc(-c2cccc(-n3c4ccccc4c4cc(CC(C)(C)C)cnc43)c2)c1. The molecule has 0 radical (unpaired) electrons. The second kappa shape index (κ2) is 11.2. The summed E-state index contributed by atoms with van der Waals surface area (Å²) < 4.78 is 4.62. The molecule has 0 saturated carbocycles. The van der Waals surface area contributed by atoms with E-state index in [1.165, 1.54) is 43.7 Å². The van der Waals surface area contributed by atoms with Crippen molar-refractivity contribution in [3.8, 4) is 22.5 Å². The first-order valence-electron chi connectivity index (χ1n) is 17.0. The average Bonchev–Trinajstić information content (AvgIpc) is 3.56. The standard InChI is InChI=1S/C44H42N4/c1-43(2,3)25-29-21-37-35-17-7-9-19-39(35)47(41(37)45-27-29)33-15-11-13-31(23-33)32-14-12-16-34(24-32)48-40-20-10-8-18-36(40)38-22-30(26-44(4,5)6)28-46-42(38)48/h7-24,27-28H,25-26H2,1-6H3. The van der Waals surface area contributed by atoms with Crippen LogP contribution in [0.1, 0.15) is 52.7 Å². The smallest absolute Gasteiger partial charge is 0.145 e. The number of para-hydroxylation sites is 2. The van der Waals surface area contributed by atoms with Crippen molar-refractivity contribution < 1.29 is 0 Å². The summed E-state index contributed by atoms with van der Waals surface area (Å²) in [6.07, 6.45) is 6.09. The number of aromatic nitrogens is 4. The largest absolute Gasteiger partial charge is 0.294 e. The van der Waals surface area contributed by atoms with Crippen molar-refractivity contribution in [2.24, 2.45) is 10.8 Å². The minimum absolute atomic E-state index is 0.196. The summed E-state index contributed by atoms with van der Waals surface area (Å²) in [4.78, 5) is 10.1. The summed E-state index contributed by atoms with van der Waals surface area (Å²) in [5.41, 5.74) is 11.8. The van der Waals surface area contributed by atoms with Crippen LogP contribution in [0.15, 0.2) is 122 Å². The van der Waals surface area contributed by atoms with Crippen LogP contribution >= 0.6 is 0 Å². The maximum Gasteiger partial charge on any atom is 0.145 e. The molecule has 0 saturated heterocycles. The molecule has 0 amide bonds. The molecule has 48 heavy (non-hydrogen) atoms. The van der Waals surface area contributed by atoms with Crippen molar-refractivity contribution in [3.05, 3.63) is 133 Å². The molecule has 0 bridgehead atoms. The average molecular weight is 627 g/mol. The van der Waals surface area contributed by atoms with Gasteiger partial charge in [-0.3, -0.25) is 9.13 Å². The Morgan fingerprint density at radius 2 is 0.875 bits per heavy atom. The number of benzene rings is 4. The van der Waals surface area contributed by atoms with Crippen molar-refractivity contribution in [1.82, 2.24) is 19.1 Å². The van der Waals surface area contributed by atoms with Gasteiger partial charge in [-0.05, 0) is 94.5 Å². The molecule has 0 atom stereocenters. The minimum atomic E-state index is 0.196. The van der Waals surface area contributed by atoms with Crippen molar-refractivity contribution in [2.75, 3.05) is 0 Å². The Balaban J connectivity index is 1.24. The first-order chi connectivity index (χ1) is 23.0.